The number of hydrogen-bond acceptors (Lipinski definition) is 10. The third-order valence-corrected chi connectivity index (χ3v) is 6.61. The molecule has 0 radical (unpaired) electrons. The molecule has 0 saturated carbocycles. The molecule has 4 aromatic rings. The highest BCUT2D eigenvalue weighted by atomic mass is 32.2. The highest BCUT2D eigenvalue weighted by Gasteiger charge is 2.19. The largest absolute Gasteiger partial charge is 0.378 e. The van der Waals surface area contributed by atoms with Crippen LogP contribution in [0.25, 0.3) is 21.7 Å². The third kappa shape index (κ3) is 3.71. The molecule has 1 saturated heterocycles. The fourth-order valence-corrected chi connectivity index (χ4v) is 4.59. The topological polar surface area (TPSA) is 99.2 Å². The van der Waals surface area contributed by atoms with E-state index in [2.05, 4.69) is 25.0 Å². The Bertz CT molecular complexity index is 1230. The van der Waals surface area contributed by atoms with E-state index in [1.165, 1.54) is 22.2 Å². The van der Waals surface area contributed by atoms with Gasteiger partial charge in [0.05, 0.1) is 13.2 Å². The standard InChI is InChI=1S/C19H18N6O3S2/c1-29-13-4-2-12(3-5-13)16-21-14(28-23-16)10-25-11-20-17-15(18(25)26)30-19(22-17)24-6-8-27-9-7-24/h2-5,11H,6-10H2,1H3. The predicted octanol–water partition coefficient (Wildman–Crippen LogP) is 2.51. The van der Waals surface area contributed by atoms with Crippen molar-refractivity contribution >= 4 is 38.6 Å². The van der Waals surface area contributed by atoms with Crippen molar-refractivity contribution in [3.05, 3.63) is 46.8 Å². The quantitative estimate of drug-likeness (QED) is 0.432. The number of hydrogen-bond donors (Lipinski definition) is 0. The summed E-state index contributed by atoms with van der Waals surface area (Å²) < 4.78 is 12.7. The molecule has 0 bridgehead atoms. The fraction of sp³-hybridized carbons (Fsp3) is 0.316. The molecule has 154 valence electrons. The zero-order valence-corrected chi connectivity index (χ0v) is 17.8. The van der Waals surface area contributed by atoms with Crippen molar-refractivity contribution < 1.29 is 9.26 Å². The van der Waals surface area contributed by atoms with E-state index in [4.69, 9.17) is 9.26 Å². The van der Waals surface area contributed by atoms with Crippen LogP contribution in [0.1, 0.15) is 5.89 Å². The summed E-state index contributed by atoms with van der Waals surface area (Å²) in [6.07, 6.45) is 3.50. The Kier molecular flexibility index (Phi) is 5.23. The minimum Gasteiger partial charge on any atom is -0.378 e. The molecular formula is C19H18N6O3S2. The van der Waals surface area contributed by atoms with Crippen LogP contribution in [0.3, 0.4) is 0 Å². The molecular weight excluding hydrogens is 424 g/mol. The third-order valence-electron chi connectivity index (χ3n) is 4.78. The van der Waals surface area contributed by atoms with Crippen molar-refractivity contribution in [3.8, 4) is 11.4 Å². The van der Waals surface area contributed by atoms with E-state index in [1.807, 2.05) is 30.5 Å². The number of anilines is 1. The molecule has 1 aliphatic heterocycles. The van der Waals surface area contributed by atoms with Gasteiger partial charge in [0.25, 0.3) is 5.56 Å². The van der Waals surface area contributed by atoms with Crippen LogP contribution < -0.4 is 10.5 Å². The van der Waals surface area contributed by atoms with Gasteiger partial charge < -0.3 is 14.2 Å². The van der Waals surface area contributed by atoms with Gasteiger partial charge >= 0.3 is 0 Å². The second-order valence-electron chi connectivity index (χ2n) is 6.67. The molecule has 0 unspecified atom stereocenters. The summed E-state index contributed by atoms with van der Waals surface area (Å²) in [5.74, 6) is 0.840. The molecule has 5 rings (SSSR count). The van der Waals surface area contributed by atoms with Gasteiger partial charge in [0.15, 0.2) is 10.8 Å². The number of thiazole rings is 1. The summed E-state index contributed by atoms with van der Waals surface area (Å²) in [6.45, 7) is 3.00. The number of benzene rings is 1. The zero-order valence-electron chi connectivity index (χ0n) is 16.1. The van der Waals surface area contributed by atoms with Crippen molar-refractivity contribution in [2.45, 2.75) is 11.4 Å². The summed E-state index contributed by atoms with van der Waals surface area (Å²) >= 11 is 3.03. The van der Waals surface area contributed by atoms with Crippen LogP contribution in [0.4, 0.5) is 5.13 Å². The lowest BCUT2D eigenvalue weighted by atomic mass is 10.2. The molecule has 11 heteroatoms. The van der Waals surface area contributed by atoms with Crippen LogP contribution in [0, 0.1) is 0 Å². The second-order valence-corrected chi connectivity index (χ2v) is 8.52. The number of thioether (sulfide) groups is 1. The maximum Gasteiger partial charge on any atom is 0.273 e. The molecule has 1 aromatic carbocycles. The first-order chi connectivity index (χ1) is 14.7. The number of rotatable bonds is 5. The van der Waals surface area contributed by atoms with Gasteiger partial charge in [0.1, 0.15) is 17.6 Å². The lowest BCUT2D eigenvalue weighted by Gasteiger charge is -2.25. The van der Waals surface area contributed by atoms with Gasteiger partial charge in [0, 0.05) is 23.5 Å². The van der Waals surface area contributed by atoms with E-state index in [0.29, 0.717) is 35.3 Å². The lowest BCUT2D eigenvalue weighted by molar-refractivity contribution is 0.122. The predicted molar refractivity (Wildman–Crippen MR) is 115 cm³/mol. The molecule has 3 aromatic heterocycles. The Labute approximate surface area is 179 Å². The zero-order chi connectivity index (χ0) is 20.5. The van der Waals surface area contributed by atoms with E-state index >= 15 is 0 Å². The van der Waals surface area contributed by atoms with E-state index in [-0.39, 0.29) is 12.1 Å². The summed E-state index contributed by atoms with van der Waals surface area (Å²) in [7, 11) is 0. The molecule has 0 N–H and O–H groups in total. The van der Waals surface area contributed by atoms with Crippen molar-refractivity contribution in [1.82, 2.24) is 24.7 Å². The minimum absolute atomic E-state index is 0.155. The molecule has 0 atom stereocenters. The fourth-order valence-electron chi connectivity index (χ4n) is 3.16. The number of fused-ring (bicyclic) bond motifs is 1. The van der Waals surface area contributed by atoms with Gasteiger partial charge in [-0.25, -0.2) is 4.98 Å². The molecule has 0 aliphatic carbocycles. The summed E-state index contributed by atoms with van der Waals surface area (Å²) in [6, 6.07) is 7.91. The Morgan fingerprint density at radius 3 is 2.73 bits per heavy atom. The van der Waals surface area contributed by atoms with Gasteiger partial charge in [-0.3, -0.25) is 9.36 Å². The molecule has 4 heterocycles. The van der Waals surface area contributed by atoms with E-state index in [9.17, 15) is 4.79 Å². The van der Waals surface area contributed by atoms with Gasteiger partial charge in [0.2, 0.25) is 11.7 Å². The van der Waals surface area contributed by atoms with Gasteiger partial charge in [-0.15, -0.1) is 11.8 Å². The van der Waals surface area contributed by atoms with Crippen LogP contribution in [0.2, 0.25) is 0 Å². The van der Waals surface area contributed by atoms with E-state index in [0.717, 1.165) is 28.7 Å². The molecule has 1 fully saturated rings. The number of ether oxygens (including phenoxy) is 1. The van der Waals surface area contributed by atoms with E-state index in [1.54, 1.807) is 11.8 Å². The molecule has 9 nitrogen and oxygen atoms in total. The average Bonchev–Trinajstić information content (AvgIpc) is 3.44. The number of aromatic nitrogens is 5. The normalized spacial score (nSPS) is 14.5. The van der Waals surface area contributed by atoms with Crippen molar-refractivity contribution in [2.75, 3.05) is 37.5 Å². The van der Waals surface area contributed by atoms with Crippen molar-refractivity contribution in [3.63, 3.8) is 0 Å². The van der Waals surface area contributed by atoms with Gasteiger partial charge in [-0.05, 0) is 30.5 Å². The van der Waals surface area contributed by atoms with Gasteiger partial charge in [-0.2, -0.15) is 9.97 Å². The molecule has 0 spiro atoms. The number of morpholine rings is 1. The van der Waals surface area contributed by atoms with Crippen LogP contribution in [-0.2, 0) is 11.3 Å². The van der Waals surface area contributed by atoms with Crippen molar-refractivity contribution in [2.24, 2.45) is 0 Å². The monoisotopic (exact) mass is 442 g/mol. The Morgan fingerprint density at radius 2 is 1.97 bits per heavy atom. The first-order valence-corrected chi connectivity index (χ1v) is 11.4. The van der Waals surface area contributed by atoms with Crippen LogP contribution in [0.15, 0.2) is 44.8 Å². The maximum absolute atomic E-state index is 12.9. The first-order valence-electron chi connectivity index (χ1n) is 9.37. The maximum atomic E-state index is 12.9. The van der Waals surface area contributed by atoms with E-state index < -0.39 is 0 Å². The average molecular weight is 443 g/mol. The second kappa shape index (κ2) is 8.17. The Hall–Kier alpha value is -2.76. The van der Waals surface area contributed by atoms with Gasteiger partial charge in [-0.1, -0.05) is 16.5 Å². The molecule has 30 heavy (non-hydrogen) atoms. The smallest absolute Gasteiger partial charge is 0.273 e. The van der Waals surface area contributed by atoms with Crippen LogP contribution >= 0.6 is 23.1 Å². The summed E-state index contributed by atoms with van der Waals surface area (Å²) in [5, 5.41) is 4.83. The highest BCUT2D eigenvalue weighted by molar-refractivity contribution is 7.98. The highest BCUT2D eigenvalue weighted by Crippen LogP contribution is 2.26. The first kappa shape index (κ1) is 19.2. The lowest BCUT2D eigenvalue weighted by Crippen LogP contribution is -2.36. The molecule has 1 aliphatic rings. The minimum atomic E-state index is -0.166. The SMILES string of the molecule is CSc1ccc(-c2noc(Cn3cnc4nc(N5CCOCC5)sc4c3=O)n2)cc1. The summed E-state index contributed by atoms with van der Waals surface area (Å²) in [4.78, 5) is 29.5. The van der Waals surface area contributed by atoms with Crippen LogP contribution in [-0.4, -0.2) is 57.2 Å². The van der Waals surface area contributed by atoms with Crippen LogP contribution in [0.5, 0.6) is 0 Å². The Morgan fingerprint density at radius 1 is 1.17 bits per heavy atom. The van der Waals surface area contributed by atoms with Crippen molar-refractivity contribution in [1.29, 1.82) is 0 Å². The molecule has 0 amide bonds. The number of nitrogens with zero attached hydrogens (tertiary/aromatic N) is 6. The summed E-state index contributed by atoms with van der Waals surface area (Å²) in [5.41, 5.74) is 1.16. The Balaban J connectivity index is 1.39.